The van der Waals surface area contributed by atoms with Crippen LogP contribution < -0.4 is 5.73 Å². The molecule has 84 valence electrons. The van der Waals surface area contributed by atoms with Crippen molar-refractivity contribution in [1.29, 1.82) is 0 Å². The summed E-state index contributed by atoms with van der Waals surface area (Å²) in [6, 6.07) is 8.83. The van der Waals surface area contributed by atoms with Gasteiger partial charge in [0.05, 0.1) is 0 Å². The summed E-state index contributed by atoms with van der Waals surface area (Å²) in [7, 11) is 0. The smallest absolute Gasteiger partial charge is 0.0456 e. The maximum Gasteiger partial charge on any atom is 0.0456 e. The first-order chi connectivity index (χ1) is 7.60. The number of aromatic amines is 1. The highest BCUT2D eigenvalue weighted by atomic mass is 14.8. The summed E-state index contributed by atoms with van der Waals surface area (Å²) in [6.07, 6.45) is 3.23. The molecule has 1 fully saturated rings. The molecular weight excluding hydrogens is 196 g/mol. The lowest BCUT2D eigenvalue weighted by molar-refractivity contribution is 0.552. The number of rotatable bonds is 2. The van der Waals surface area contributed by atoms with Crippen LogP contribution in [0.25, 0.3) is 10.9 Å². The van der Waals surface area contributed by atoms with Crippen LogP contribution >= 0.6 is 0 Å². The van der Waals surface area contributed by atoms with Gasteiger partial charge in [0.15, 0.2) is 0 Å². The van der Waals surface area contributed by atoms with Crippen molar-refractivity contribution in [2.24, 2.45) is 17.1 Å². The Hall–Kier alpha value is -1.28. The zero-order valence-corrected chi connectivity index (χ0v) is 9.83. The lowest BCUT2D eigenvalue weighted by Gasteiger charge is -2.01. The van der Waals surface area contributed by atoms with E-state index in [1.165, 1.54) is 16.5 Å². The fourth-order valence-electron chi connectivity index (χ4n) is 2.71. The van der Waals surface area contributed by atoms with E-state index in [4.69, 9.17) is 5.73 Å². The third kappa shape index (κ3) is 1.30. The van der Waals surface area contributed by atoms with Crippen molar-refractivity contribution in [2.75, 3.05) is 0 Å². The Morgan fingerprint density at radius 3 is 2.69 bits per heavy atom. The quantitative estimate of drug-likeness (QED) is 0.793. The molecule has 2 heteroatoms. The lowest BCUT2D eigenvalue weighted by atomic mass is 10.0. The SMILES string of the molecule is CC1(C)[C@H](N)[C@H]1Cc1c[nH]c2ccccc12. The molecule has 1 aliphatic rings. The summed E-state index contributed by atoms with van der Waals surface area (Å²) >= 11 is 0. The average molecular weight is 214 g/mol. The van der Waals surface area contributed by atoms with Gasteiger partial charge in [0.1, 0.15) is 0 Å². The molecule has 3 rings (SSSR count). The predicted octanol–water partition coefficient (Wildman–Crippen LogP) is 2.69. The molecule has 1 aromatic heterocycles. The van der Waals surface area contributed by atoms with Gasteiger partial charge in [0.25, 0.3) is 0 Å². The number of nitrogens with two attached hydrogens (primary N) is 1. The molecule has 3 N–H and O–H groups in total. The highest BCUT2D eigenvalue weighted by molar-refractivity contribution is 5.83. The molecule has 0 radical (unpaired) electrons. The van der Waals surface area contributed by atoms with E-state index in [0.29, 0.717) is 17.4 Å². The third-order valence-corrected chi connectivity index (χ3v) is 4.25. The Labute approximate surface area is 95.8 Å². The van der Waals surface area contributed by atoms with Gasteiger partial charge in [0, 0.05) is 23.1 Å². The number of aromatic nitrogens is 1. The maximum absolute atomic E-state index is 6.09. The van der Waals surface area contributed by atoms with E-state index in [1.54, 1.807) is 0 Å². The Morgan fingerprint density at radius 1 is 1.31 bits per heavy atom. The van der Waals surface area contributed by atoms with E-state index >= 15 is 0 Å². The van der Waals surface area contributed by atoms with Crippen molar-refractivity contribution in [1.82, 2.24) is 4.98 Å². The topological polar surface area (TPSA) is 41.8 Å². The molecule has 0 amide bonds. The molecular formula is C14H18N2. The summed E-state index contributed by atoms with van der Waals surface area (Å²) in [5.41, 5.74) is 9.04. The van der Waals surface area contributed by atoms with Crippen LogP contribution in [0.15, 0.2) is 30.5 Å². The van der Waals surface area contributed by atoms with E-state index < -0.39 is 0 Å². The number of benzene rings is 1. The molecule has 1 aliphatic carbocycles. The highest BCUT2D eigenvalue weighted by Gasteiger charge is 2.54. The fraction of sp³-hybridized carbons (Fsp3) is 0.429. The van der Waals surface area contributed by atoms with Crippen LogP contribution in [0, 0.1) is 11.3 Å². The van der Waals surface area contributed by atoms with E-state index in [1.807, 2.05) is 0 Å². The van der Waals surface area contributed by atoms with E-state index in [2.05, 4.69) is 49.3 Å². The Kier molecular flexibility index (Phi) is 1.93. The van der Waals surface area contributed by atoms with Crippen LogP contribution in [-0.4, -0.2) is 11.0 Å². The third-order valence-electron chi connectivity index (χ3n) is 4.25. The van der Waals surface area contributed by atoms with E-state index in [-0.39, 0.29) is 0 Å². The molecule has 0 bridgehead atoms. The first kappa shape index (κ1) is 9.91. The summed E-state index contributed by atoms with van der Waals surface area (Å²) < 4.78 is 0. The van der Waals surface area contributed by atoms with Crippen LogP contribution in [0.2, 0.25) is 0 Å². The van der Waals surface area contributed by atoms with Gasteiger partial charge in [-0.1, -0.05) is 32.0 Å². The van der Waals surface area contributed by atoms with Gasteiger partial charge in [-0.05, 0) is 29.4 Å². The van der Waals surface area contributed by atoms with Crippen molar-refractivity contribution < 1.29 is 0 Å². The number of para-hydroxylation sites is 1. The molecule has 1 heterocycles. The van der Waals surface area contributed by atoms with Gasteiger partial charge in [-0.2, -0.15) is 0 Å². The second kappa shape index (κ2) is 3.11. The summed E-state index contributed by atoms with van der Waals surface area (Å²) in [6.45, 7) is 4.52. The van der Waals surface area contributed by atoms with Crippen molar-refractivity contribution in [3.63, 3.8) is 0 Å². The van der Waals surface area contributed by atoms with Gasteiger partial charge in [-0.25, -0.2) is 0 Å². The van der Waals surface area contributed by atoms with Crippen LogP contribution in [-0.2, 0) is 6.42 Å². The first-order valence-corrected chi connectivity index (χ1v) is 5.91. The summed E-state index contributed by atoms with van der Waals surface area (Å²) in [5.74, 6) is 0.631. The van der Waals surface area contributed by atoms with Crippen molar-refractivity contribution in [3.8, 4) is 0 Å². The van der Waals surface area contributed by atoms with E-state index in [9.17, 15) is 0 Å². The monoisotopic (exact) mass is 214 g/mol. The average Bonchev–Trinajstić information content (AvgIpc) is 2.67. The maximum atomic E-state index is 6.09. The number of fused-ring (bicyclic) bond motifs is 1. The largest absolute Gasteiger partial charge is 0.361 e. The van der Waals surface area contributed by atoms with Crippen LogP contribution in [0.5, 0.6) is 0 Å². The zero-order valence-electron chi connectivity index (χ0n) is 9.83. The first-order valence-electron chi connectivity index (χ1n) is 5.91. The highest BCUT2D eigenvalue weighted by Crippen LogP contribution is 2.52. The normalized spacial score (nSPS) is 27.2. The Morgan fingerprint density at radius 2 is 2.00 bits per heavy atom. The van der Waals surface area contributed by atoms with Crippen LogP contribution in [0.4, 0.5) is 0 Å². The lowest BCUT2D eigenvalue weighted by Crippen LogP contribution is -2.06. The molecule has 0 saturated heterocycles. The van der Waals surface area contributed by atoms with Crippen molar-refractivity contribution >= 4 is 10.9 Å². The molecule has 0 spiro atoms. The van der Waals surface area contributed by atoms with E-state index in [0.717, 1.165) is 6.42 Å². The zero-order chi connectivity index (χ0) is 11.3. The molecule has 2 atom stereocenters. The minimum Gasteiger partial charge on any atom is -0.361 e. The number of H-pyrrole nitrogens is 1. The molecule has 0 unspecified atom stereocenters. The minimum absolute atomic E-state index is 0.318. The predicted molar refractivity (Wildman–Crippen MR) is 67.2 cm³/mol. The standard InChI is InChI=1S/C14H18N2/c1-14(2)11(13(14)15)7-9-8-16-12-6-4-3-5-10(9)12/h3-6,8,11,13,16H,7,15H2,1-2H3/t11-,13-/m1/s1. The van der Waals surface area contributed by atoms with Crippen LogP contribution in [0.3, 0.4) is 0 Å². The molecule has 1 saturated carbocycles. The van der Waals surface area contributed by atoms with Crippen molar-refractivity contribution in [3.05, 3.63) is 36.0 Å². The van der Waals surface area contributed by atoms with Crippen LogP contribution in [0.1, 0.15) is 19.4 Å². The summed E-state index contributed by atoms with van der Waals surface area (Å²) in [5, 5.41) is 1.34. The second-order valence-corrected chi connectivity index (χ2v) is 5.52. The Bertz CT molecular complexity index is 524. The molecule has 0 aliphatic heterocycles. The Balaban J connectivity index is 1.91. The number of hydrogen-bond acceptors (Lipinski definition) is 1. The second-order valence-electron chi connectivity index (χ2n) is 5.52. The van der Waals surface area contributed by atoms with Gasteiger partial charge >= 0.3 is 0 Å². The molecule has 2 aromatic rings. The van der Waals surface area contributed by atoms with Gasteiger partial charge in [0.2, 0.25) is 0 Å². The van der Waals surface area contributed by atoms with Crippen molar-refractivity contribution in [2.45, 2.75) is 26.3 Å². The summed E-state index contributed by atoms with van der Waals surface area (Å²) in [4.78, 5) is 3.32. The molecule has 1 aromatic carbocycles. The molecule has 16 heavy (non-hydrogen) atoms. The number of hydrogen-bond donors (Lipinski definition) is 2. The van der Waals surface area contributed by atoms with Gasteiger partial charge in [-0.3, -0.25) is 0 Å². The minimum atomic E-state index is 0.318. The molecule has 2 nitrogen and oxygen atoms in total. The number of nitrogens with one attached hydrogen (secondary N) is 1. The van der Waals surface area contributed by atoms with Gasteiger partial charge in [-0.15, -0.1) is 0 Å². The van der Waals surface area contributed by atoms with Gasteiger partial charge < -0.3 is 10.7 Å². The fourth-order valence-corrected chi connectivity index (χ4v) is 2.71.